The van der Waals surface area contributed by atoms with Gasteiger partial charge in [0.2, 0.25) is 0 Å². The predicted octanol–water partition coefficient (Wildman–Crippen LogP) is 1.34. The van der Waals surface area contributed by atoms with Gasteiger partial charge in [-0.2, -0.15) is 0 Å². The van der Waals surface area contributed by atoms with Crippen molar-refractivity contribution >= 4 is 0 Å². The Bertz CT molecular complexity index is 128. The van der Waals surface area contributed by atoms with Crippen molar-refractivity contribution in [2.75, 3.05) is 33.4 Å². The van der Waals surface area contributed by atoms with Crippen LogP contribution in [0.4, 0.5) is 0 Å². The van der Waals surface area contributed by atoms with Crippen molar-refractivity contribution in [2.24, 2.45) is 0 Å². The topological polar surface area (TPSA) is 24.5 Å². The van der Waals surface area contributed by atoms with E-state index in [4.69, 9.17) is 4.74 Å². The van der Waals surface area contributed by atoms with Gasteiger partial charge in [0, 0.05) is 25.2 Å². The molecule has 0 spiro atoms. The molecule has 0 bridgehead atoms. The van der Waals surface area contributed by atoms with Crippen LogP contribution in [0.25, 0.3) is 0 Å². The lowest BCUT2D eigenvalue weighted by Crippen LogP contribution is -2.43. The van der Waals surface area contributed by atoms with Gasteiger partial charge in [-0.3, -0.25) is 0 Å². The zero-order valence-corrected chi connectivity index (χ0v) is 10.3. The van der Waals surface area contributed by atoms with Crippen molar-refractivity contribution in [3.8, 4) is 0 Å². The van der Waals surface area contributed by atoms with Gasteiger partial charge < -0.3 is 15.0 Å². The fourth-order valence-electron chi connectivity index (χ4n) is 1.54. The van der Waals surface area contributed by atoms with Gasteiger partial charge in [-0.05, 0) is 7.05 Å². The molecular formula is C11H26N2O. The van der Waals surface area contributed by atoms with Crippen LogP contribution in [0.2, 0.25) is 0 Å². The van der Waals surface area contributed by atoms with E-state index in [1.165, 1.54) is 0 Å². The summed E-state index contributed by atoms with van der Waals surface area (Å²) in [5.74, 6) is 0. The fourth-order valence-corrected chi connectivity index (χ4v) is 1.54. The number of ether oxygens (including phenoxy) is 1. The van der Waals surface area contributed by atoms with Crippen LogP contribution in [0.5, 0.6) is 0 Å². The summed E-state index contributed by atoms with van der Waals surface area (Å²) in [5.41, 5.74) is 0. The summed E-state index contributed by atoms with van der Waals surface area (Å²) in [4.78, 5) is 2.31. The van der Waals surface area contributed by atoms with Crippen molar-refractivity contribution in [1.82, 2.24) is 10.2 Å². The molecule has 1 rings (SSSR count). The minimum Gasteiger partial charge on any atom is -0.378 e. The lowest BCUT2D eigenvalue weighted by Gasteiger charge is -2.22. The minimum absolute atomic E-state index is 0.498. The summed E-state index contributed by atoms with van der Waals surface area (Å²) in [7, 11) is 2.14. The molecule has 0 amide bonds. The third-order valence-electron chi connectivity index (χ3n) is 2.04. The fraction of sp³-hybridized carbons (Fsp3) is 1.00. The highest BCUT2D eigenvalue weighted by Gasteiger charge is 2.15. The van der Waals surface area contributed by atoms with Crippen LogP contribution < -0.4 is 5.32 Å². The Hall–Kier alpha value is -0.120. The first kappa shape index (κ1) is 13.9. The number of rotatable bonds is 2. The van der Waals surface area contributed by atoms with Crippen LogP contribution in [0.3, 0.4) is 0 Å². The first-order chi connectivity index (χ1) is 6.68. The van der Waals surface area contributed by atoms with E-state index < -0.39 is 0 Å². The van der Waals surface area contributed by atoms with Crippen LogP contribution in [-0.2, 0) is 4.74 Å². The van der Waals surface area contributed by atoms with Gasteiger partial charge in [-0.15, -0.1) is 0 Å². The summed E-state index contributed by atoms with van der Waals surface area (Å²) < 4.78 is 5.47. The molecule has 1 N–H and O–H groups in total. The molecule has 0 saturated carbocycles. The molecule has 3 heteroatoms. The quantitative estimate of drug-likeness (QED) is 0.731. The molecule has 0 aromatic carbocycles. The maximum absolute atomic E-state index is 5.47. The molecule has 1 atom stereocenters. The zero-order chi connectivity index (χ0) is 11.0. The van der Waals surface area contributed by atoms with Gasteiger partial charge >= 0.3 is 0 Å². The molecule has 1 heterocycles. The lowest BCUT2D eigenvalue weighted by molar-refractivity contribution is 0.129. The van der Waals surface area contributed by atoms with Crippen LogP contribution >= 0.6 is 0 Å². The molecule has 14 heavy (non-hydrogen) atoms. The van der Waals surface area contributed by atoms with Crippen molar-refractivity contribution in [2.45, 2.75) is 39.8 Å². The highest BCUT2D eigenvalue weighted by atomic mass is 16.5. The third kappa shape index (κ3) is 6.35. The Kier molecular flexibility index (Phi) is 8.14. The largest absolute Gasteiger partial charge is 0.378 e. The molecule has 86 valence electrons. The highest BCUT2D eigenvalue weighted by molar-refractivity contribution is 4.74. The smallest absolute Gasteiger partial charge is 0.0632 e. The van der Waals surface area contributed by atoms with Gasteiger partial charge in [0.1, 0.15) is 0 Å². The van der Waals surface area contributed by atoms with Crippen molar-refractivity contribution in [3.63, 3.8) is 0 Å². The molecule has 1 aliphatic heterocycles. The third-order valence-corrected chi connectivity index (χ3v) is 2.04. The Morgan fingerprint density at radius 1 is 1.36 bits per heavy atom. The molecule has 3 nitrogen and oxygen atoms in total. The highest BCUT2D eigenvalue weighted by Crippen LogP contribution is 1.98. The standard InChI is InChI=1S/C9H20N2O.C2H6/c1-8(2)10-9-6-11(3)4-5-12-7-9;1-2/h8-10H,4-7H2,1-3H3;1-2H3. The van der Waals surface area contributed by atoms with E-state index in [-0.39, 0.29) is 0 Å². The average Bonchev–Trinajstić information content (AvgIpc) is 2.32. The molecule has 0 aromatic heterocycles. The van der Waals surface area contributed by atoms with E-state index in [0.717, 1.165) is 26.3 Å². The van der Waals surface area contributed by atoms with Crippen molar-refractivity contribution in [3.05, 3.63) is 0 Å². The Balaban J connectivity index is 0.000000791. The predicted molar refractivity (Wildman–Crippen MR) is 61.7 cm³/mol. The van der Waals surface area contributed by atoms with Crippen molar-refractivity contribution < 1.29 is 4.74 Å². The first-order valence-corrected chi connectivity index (χ1v) is 5.71. The molecule has 0 aliphatic carbocycles. The second-order valence-corrected chi connectivity index (χ2v) is 3.86. The summed E-state index contributed by atoms with van der Waals surface area (Å²) >= 11 is 0. The van der Waals surface area contributed by atoms with E-state index in [0.29, 0.717) is 12.1 Å². The maximum Gasteiger partial charge on any atom is 0.0632 e. The number of hydrogen-bond acceptors (Lipinski definition) is 3. The van der Waals surface area contributed by atoms with Crippen molar-refractivity contribution in [1.29, 1.82) is 0 Å². The second-order valence-electron chi connectivity index (χ2n) is 3.86. The van der Waals surface area contributed by atoms with Gasteiger partial charge in [0.25, 0.3) is 0 Å². The SMILES string of the molecule is CC.CC(C)NC1COCCN(C)C1. The summed E-state index contributed by atoms with van der Waals surface area (Å²) in [6.45, 7) is 12.2. The number of nitrogens with zero attached hydrogens (tertiary/aromatic N) is 1. The first-order valence-electron chi connectivity index (χ1n) is 5.71. The molecule has 1 saturated heterocycles. The average molecular weight is 202 g/mol. The number of hydrogen-bond donors (Lipinski definition) is 1. The van der Waals surface area contributed by atoms with Crippen LogP contribution in [0.1, 0.15) is 27.7 Å². The Morgan fingerprint density at radius 3 is 2.57 bits per heavy atom. The molecule has 0 radical (unpaired) electrons. The van der Waals surface area contributed by atoms with Gasteiger partial charge in [0.15, 0.2) is 0 Å². The van der Waals surface area contributed by atoms with Crippen LogP contribution in [-0.4, -0.2) is 50.3 Å². The van der Waals surface area contributed by atoms with Gasteiger partial charge in [-0.1, -0.05) is 27.7 Å². The molecule has 1 fully saturated rings. The molecule has 0 aromatic rings. The summed E-state index contributed by atoms with van der Waals surface area (Å²) in [5, 5.41) is 3.49. The molecule has 1 unspecified atom stereocenters. The minimum atomic E-state index is 0.498. The second kappa shape index (κ2) is 8.21. The van der Waals surface area contributed by atoms with E-state index in [1.807, 2.05) is 13.8 Å². The normalized spacial score (nSPS) is 24.0. The maximum atomic E-state index is 5.47. The summed E-state index contributed by atoms with van der Waals surface area (Å²) in [6, 6.07) is 1.04. The Morgan fingerprint density at radius 2 is 2.00 bits per heavy atom. The molecule has 1 aliphatic rings. The van der Waals surface area contributed by atoms with E-state index in [9.17, 15) is 0 Å². The summed E-state index contributed by atoms with van der Waals surface area (Å²) in [6.07, 6.45) is 0. The van der Waals surface area contributed by atoms with E-state index in [1.54, 1.807) is 0 Å². The number of likely N-dealkylation sites (N-methyl/N-ethyl adjacent to an activating group) is 1. The van der Waals surface area contributed by atoms with Crippen LogP contribution in [0.15, 0.2) is 0 Å². The van der Waals surface area contributed by atoms with Crippen LogP contribution in [0, 0.1) is 0 Å². The lowest BCUT2D eigenvalue weighted by atomic mass is 10.2. The van der Waals surface area contributed by atoms with E-state index >= 15 is 0 Å². The zero-order valence-electron chi connectivity index (χ0n) is 10.3. The van der Waals surface area contributed by atoms with Gasteiger partial charge in [-0.25, -0.2) is 0 Å². The number of nitrogens with one attached hydrogen (secondary N) is 1. The Labute approximate surface area is 88.8 Å². The van der Waals surface area contributed by atoms with Gasteiger partial charge in [0.05, 0.1) is 13.2 Å². The monoisotopic (exact) mass is 202 g/mol. The molecular weight excluding hydrogens is 176 g/mol. The van der Waals surface area contributed by atoms with E-state index in [2.05, 4.69) is 31.1 Å².